The van der Waals surface area contributed by atoms with E-state index in [1.807, 2.05) is 12.2 Å². The van der Waals surface area contributed by atoms with E-state index in [4.69, 9.17) is 9.47 Å². The second kappa shape index (κ2) is 11.9. The van der Waals surface area contributed by atoms with Crippen molar-refractivity contribution >= 4 is 11.9 Å². The summed E-state index contributed by atoms with van der Waals surface area (Å²) in [7, 11) is 0. The van der Waals surface area contributed by atoms with E-state index in [1.54, 1.807) is 0 Å². The van der Waals surface area contributed by atoms with Crippen molar-refractivity contribution in [3.63, 3.8) is 0 Å². The Bertz CT molecular complexity index is 515. The van der Waals surface area contributed by atoms with Gasteiger partial charge in [0.25, 0.3) is 0 Å². The molecule has 1 aliphatic rings. The van der Waals surface area contributed by atoms with Crippen molar-refractivity contribution in [2.75, 3.05) is 13.2 Å². The predicted octanol–water partition coefficient (Wildman–Crippen LogP) is 6.58. The Labute approximate surface area is 185 Å². The molecule has 0 radical (unpaired) electrons. The summed E-state index contributed by atoms with van der Waals surface area (Å²) in [6.45, 7) is 18.6. The number of hydrogen-bond donors (Lipinski definition) is 0. The number of carbonyl (C=O) groups is 2. The normalized spacial score (nSPS) is 21.7. The smallest absolute Gasteiger partial charge is 0.310 e. The zero-order chi connectivity index (χ0) is 22.9. The highest BCUT2D eigenvalue weighted by Gasteiger charge is 2.36. The minimum absolute atomic E-state index is 0.259. The molecular weight excluding hydrogens is 376 g/mol. The van der Waals surface area contributed by atoms with E-state index in [0.29, 0.717) is 37.9 Å². The highest BCUT2D eigenvalue weighted by Crippen LogP contribution is 2.30. The van der Waals surface area contributed by atoms with Crippen molar-refractivity contribution in [3.05, 3.63) is 12.2 Å². The third-order valence-corrected chi connectivity index (χ3v) is 5.67. The predicted molar refractivity (Wildman–Crippen MR) is 123 cm³/mol. The van der Waals surface area contributed by atoms with Crippen LogP contribution in [0, 0.1) is 34.5 Å². The largest absolute Gasteiger partial charge is 0.465 e. The van der Waals surface area contributed by atoms with E-state index < -0.39 is 11.8 Å². The molecule has 0 fully saturated rings. The Balaban J connectivity index is 2.46. The lowest BCUT2D eigenvalue weighted by Crippen LogP contribution is -2.34. The van der Waals surface area contributed by atoms with E-state index in [1.165, 1.54) is 0 Å². The maximum Gasteiger partial charge on any atom is 0.310 e. The van der Waals surface area contributed by atoms with Crippen molar-refractivity contribution in [3.8, 4) is 0 Å². The Morgan fingerprint density at radius 3 is 1.40 bits per heavy atom. The van der Waals surface area contributed by atoms with Crippen molar-refractivity contribution < 1.29 is 19.1 Å². The zero-order valence-electron chi connectivity index (χ0n) is 20.8. The highest BCUT2D eigenvalue weighted by atomic mass is 16.5. The van der Waals surface area contributed by atoms with Crippen LogP contribution < -0.4 is 0 Å². The molecule has 0 aromatic rings. The maximum absolute atomic E-state index is 12.7. The molecule has 0 saturated heterocycles. The SMILES string of the molecule is CC(CCOC(=O)[C@@H]1CC=CC[C@H]1C(=O)OCCC(C)CC(C)(C)C)CC(C)(C)C. The molecule has 1 aliphatic carbocycles. The van der Waals surface area contributed by atoms with Gasteiger partial charge in [-0.05, 0) is 61.2 Å². The van der Waals surface area contributed by atoms with Gasteiger partial charge in [-0.15, -0.1) is 0 Å². The maximum atomic E-state index is 12.7. The quantitative estimate of drug-likeness (QED) is 0.295. The summed E-state index contributed by atoms with van der Waals surface area (Å²) < 4.78 is 11.1. The molecule has 4 heteroatoms. The number of hydrogen-bond acceptors (Lipinski definition) is 4. The first kappa shape index (κ1) is 26.7. The van der Waals surface area contributed by atoms with Crippen molar-refractivity contribution in [1.29, 1.82) is 0 Å². The molecule has 30 heavy (non-hydrogen) atoms. The Kier molecular flexibility index (Phi) is 10.6. The molecular formula is C26H46O4. The van der Waals surface area contributed by atoms with Gasteiger partial charge in [-0.1, -0.05) is 67.5 Å². The van der Waals surface area contributed by atoms with Gasteiger partial charge in [0, 0.05) is 0 Å². The van der Waals surface area contributed by atoms with Crippen molar-refractivity contribution in [2.45, 2.75) is 93.9 Å². The van der Waals surface area contributed by atoms with Gasteiger partial charge in [-0.25, -0.2) is 0 Å². The zero-order valence-corrected chi connectivity index (χ0v) is 20.8. The summed E-state index contributed by atoms with van der Waals surface area (Å²) in [6.07, 6.45) is 8.96. The fourth-order valence-corrected chi connectivity index (χ4v) is 4.57. The topological polar surface area (TPSA) is 52.6 Å². The minimum Gasteiger partial charge on any atom is -0.465 e. The van der Waals surface area contributed by atoms with Crippen LogP contribution in [0.25, 0.3) is 0 Å². The lowest BCUT2D eigenvalue weighted by atomic mass is 9.83. The molecule has 0 saturated carbocycles. The average Bonchev–Trinajstić information content (AvgIpc) is 2.58. The van der Waals surface area contributed by atoms with Gasteiger partial charge in [0.05, 0.1) is 25.0 Å². The number of carbonyl (C=O) groups excluding carboxylic acids is 2. The lowest BCUT2D eigenvalue weighted by Gasteiger charge is -2.27. The summed E-state index contributed by atoms with van der Waals surface area (Å²) in [4.78, 5) is 25.3. The van der Waals surface area contributed by atoms with Crippen LogP contribution in [0.3, 0.4) is 0 Å². The Morgan fingerprint density at radius 1 is 0.767 bits per heavy atom. The third-order valence-electron chi connectivity index (χ3n) is 5.67. The minimum atomic E-state index is -0.424. The summed E-state index contributed by atoms with van der Waals surface area (Å²) >= 11 is 0. The Morgan fingerprint density at radius 2 is 1.10 bits per heavy atom. The molecule has 0 N–H and O–H groups in total. The van der Waals surface area contributed by atoms with Crippen molar-refractivity contribution in [2.24, 2.45) is 34.5 Å². The van der Waals surface area contributed by atoms with Crippen LogP contribution in [-0.2, 0) is 19.1 Å². The molecule has 4 nitrogen and oxygen atoms in total. The molecule has 2 unspecified atom stereocenters. The Hall–Kier alpha value is -1.32. The second-order valence-corrected chi connectivity index (χ2v) is 11.8. The number of allylic oxidation sites excluding steroid dienone is 2. The highest BCUT2D eigenvalue weighted by molar-refractivity contribution is 5.82. The van der Waals surface area contributed by atoms with Crippen molar-refractivity contribution in [1.82, 2.24) is 0 Å². The number of ether oxygens (including phenoxy) is 2. The van der Waals surface area contributed by atoms with Crippen LogP contribution in [0.4, 0.5) is 0 Å². The molecule has 0 aromatic carbocycles. The first-order valence-corrected chi connectivity index (χ1v) is 11.8. The molecule has 0 spiro atoms. The summed E-state index contributed by atoms with van der Waals surface area (Å²) in [5, 5.41) is 0. The van der Waals surface area contributed by atoms with Gasteiger partial charge in [0.2, 0.25) is 0 Å². The molecule has 174 valence electrons. The molecule has 0 aliphatic heterocycles. The fourth-order valence-electron chi connectivity index (χ4n) is 4.57. The monoisotopic (exact) mass is 422 g/mol. The van der Waals surface area contributed by atoms with E-state index in [2.05, 4.69) is 55.4 Å². The molecule has 0 amide bonds. The first-order chi connectivity index (χ1) is 13.8. The second-order valence-electron chi connectivity index (χ2n) is 11.8. The van der Waals surface area contributed by atoms with Crippen LogP contribution in [0.1, 0.15) is 93.9 Å². The average molecular weight is 423 g/mol. The molecule has 0 aromatic heterocycles. The standard InChI is InChI=1S/C26H46O4/c1-19(17-25(3,4)5)13-15-29-23(27)21-11-9-10-12-22(21)24(28)30-16-14-20(2)18-26(6,7)8/h9-10,19-22H,11-18H2,1-8H3/t19?,20?,21-,22-/m1/s1. The summed E-state index contributed by atoms with van der Waals surface area (Å²) in [5.74, 6) is -0.365. The van der Waals surface area contributed by atoms with Crippen LogP contribution in [0.15, 0.2) is 12.2 Å². The first-order valence-electron chi connectivity index (χ1n) is 11.8. The van der Waals surface area contributed by atoms with Gasteiger partial charge >= 0.3 is 11.9 Å². The van der Waals surface area contributed by atoms with E-state index in [0.717, 1.165) is 25.7 Å². The number of rotatable bonds is 10. The van der Waals surface area contributed by atoms with Gasteiger partial charge in [0.15, 0.2) is 0 Å². The van der Waals surface area contributed by atoms with Crippen LogP contribution in [-0.4, -0.2) is 25.2 Å². The molecule has 0 heterocycles. The van der Waals surface area contributed by atoms with E-state index >= 15 is 0 Å². The van der Waals surface area contributed by atoms with Gasteiger partial charge in [0.1, 0.15) is 0 Å². The van der Waals surface area contributed by atoms with E-state index in [-0.39, 0.29) is 22.8 Å². The van der Waals surface area contributed by atoms with Crippen LogP contribution in [0.5, 0.6) is 0 Å². The van der Waals surface area contributed by atoms with E-state index in [9.17, 15) is 9.59 Å². The molecule has 1 rings (SSSR count). The summed E-state index contributed by atoms with van der Waals surface area (Å²) in [5.41, 5.74) is 0.549. The lowest BCUT2D eigenvalue weighted by molar-refractivity contribution is -0.161. The van der Waals surface area contributed by atoms with Crippen LogP contribution >= 0.6 is 0 Å². The molecule has 0 bridgehead atoms. The third kappa shape index (κ3) is 11.2. The molecule has 4 atom stereocenters. The van der Waals surface area contributed by atoms with Crippen LogP contribution in [0.2, 0.25) is 0 Å². The van der Waals surface area contributed by atoms with Gasteiger partial charge in [-0.2, -0.15) is 0 Å². The fraction of sp³-hybridized carbons (Fsp3) is 0.846. The summed E-state index contributed by atoms with van der Waals surface area (Å²) in [6, 6.07) is 0. The van der Waals surface area contributed by atoms with Gasteiger partial charge < -0.3 is 9.47 Å². The van der Waals surface area contributed by atoms with Gasteiger partial charge in [-0.3, -0.25) is 9.59 Å². The number of esters is 2.